The number of aliphatic hydroxyl groups is 1. The Labute approximate surface area is 188 Å². The Morgan fingerprint density at radius 1 is 1.09 bits per heavy atom. The van der Waals surface area contributed by atoms with Crippen LogP contribution in [0.5, 0.6) is 5.75 Å². The molecule has 0 unspecified atom stereocenters. The molecule has 176 valence electrons. The van der Waals surface area contributed by atoms with Crippen LogP contribution >= 0.6 is 0 Å². The average Bonchev–Trinajstić information content (AvgIpc) is 2.72. The van der Waals surface area contributed by atoms with Gasteiger partial charge in [-0.25, -0.2) is 9.97 Å². The summed E-state index contributed by atoms with van der Waals surface area (Å²) in [4.78, 5) is 8.52. The Kier molecular flexibility index (Phi) is 7.13. The second-order valence-corrected chi connectivity index (χ2v) is 7.86. The number of aryl methyl sites for hydroxylation is 1. The average molecular weight is 463 g/mol. The van der Waals surface area contributed by atoms with E-state index in [2.05, 4.69) is 25.5 Å². The molecule has 0 saturated carbocycles. The van der Waals surface area contributed by atoms with Crippen LogP contribution in [0.2, 0.25) is 0 Å². The molecule has 2 N–H and O–H groups in total. The van der Waals surface area contributed by atoms with E-state index in [0.29, 0.717) is 11.4 Å². The molecule has 0 radical (unpaired) electrons. The van der Waals surface area contributed by atoms with Crippen LogP contribution < -0.4 is 10.1 Å². The van der Waals surface area contributed by atoms with Crippen LogP contribution in [0.4, 0.5) is 24.8 Å². The molecule has 3 aromatic rings. The van der Waals surface area contributed by atoms with E-state index in [4.69, 9.17) is 9.47 Å². The fraction of sp³-hybridized carbons (Fsp3) is 0.364. The highest BCUT2D eigenvalue weighted by Gasteiger charge is 2.28. The van der Waals surface area contributed by atoms with Gasteiger partial charge in [-0.3, -0.25) is 0 Å². The standard InChI is InChI=1S/C22H24F3N5O3/c1-13-7-14(10-26-30-13)17-6-5-15(8-18(17)32-4)27-20-28-16(11-33-12-22(23,24)25)9-19(29-20)21(2,3)31/h5-10,31H,11-12H2,1-4H3,(H,27,28,29). The molecule has 0 aliphatic heterocycles. The molecule has 0 bridgehead atoms. The molecule has 3 rings (SSSR count). The highest BCUT2D eigenvalue weighted by atomic mass is 19.4. The van der Waals surface area contributed by atoms with Crippen molar-refractivity contribution in [3.63, 3.8) is 0 Å². The quantitative estimate of drug-likeness (QED) is 0.510. The fourth-order valence-corrected chi connectivity index (χ4v) is 2.97. The highest BCUT2D eigenvalue weighted by Crippen LogP contribution is 2.33. The summed E-state index contributed by atoms with van der Waals surface area (Å²) in [5.74, 6) is 0.649. The number of aromatic nitrogens is 4. The zero-order valence-electron chi connectivity index (χ0n) is 18.6. The number of alkyl halides is 3. The van der Waals surface area contributed by atoms with Gasteiger partial charge in [-0.15, -0.1) is 0 Å². The molecule has 0 fully saturated rings. The summed E-state index contributed by atoms with van der Waals surface area (Å²) in [5, 5.41) is 21.3. The summed E-state index contributed by atoms with van der Waals surface area (Å²) in [6.45, 7) is 3.07. The second kappa shape index (κ2) is 9.67. The van der Waals surface area contributed by atoms with Crippen LogP contribution in [0.25, 0.3) is 11.1 Å². The van der Waals surface area contributed by atoms with E-state index in [1.807, 2.05) is 19.1 Å². The Balaban J connectivity index is 1.89. The van der Waals surface area contributed by atoms with E-state index in [9.17, 15) is 18.3 Å². The summed E-state index contributed by atoms with van der Waals surface area (Å²) < 4.78 is 47.5. The van der Waals surface area contributed by atoms with Crippen molar-refractivity contribution in [2.24, 2.45) is 0 Å². The zero-order chi connectivity index (χ0) is 24.2. The van der Waals surface area contributed by atoms with E-state index < -0.39 is 25.0 Å². The monoisotopic (exact) mass is 463 g/mol. The second-order valence-electron chi connectivity index (χ2n) is 7.86. The number of ether oxygens (including phenoxy) is 2. The Morgan fingerprint density at radius 3 is 2.48 bits per heavy atom. The molecule has 2 heterocycles. The van der Waals surface area contributed by atoms with E-state index in [0.717, 1.165) is 16.8 Å². The summed E-state index contributed by atoms with van der Waals surface area (Å²) in [6.07, 6.45) is -2.82. The molecule has 11 heteroatoms. The lowest BCUT2D eigenvalue weighted by molar-refractivity contribution is -0.176. The van der Waals surface area contributed by atoms with Crippen LogP contribution in [0.15, 0.2) is 36.5 Å². The molecule has 0 amide bonds. The minimum atomic E-state index is -4.45. The van der Waals surface area contributed by atoms with Crippen molar-refractivity contribution < 1.29 is 27.8 Å². The van der Waals surface area contributed by atoms with Gasteiger partial charge >= 0.3 is 6.18 Å². The number of anilines is 2. The molecule has 8 nitrogen and oxygen atoms in total. The van der Waals surface area contributed by atoms with Crippen molar-refractivity contribution in [2.45, 2.75) is 39.2 Å². The van der Waals surface area contributed by atoms with Gasteiger partial charge < -0.3 is 19.9 Å². The number of hydrogen-bond donors (Lipinski definition) is 2. The van der Waals surface area contributed by atoms with Gasteiger partial charge in [-0.05, 0) is 45.0 Å². The van der Waals surface area contributed by atoms with Crippen molar-refractivity contribution in [3.05, 3.63) is 53.6 Å². The third kappa shape index (κ3) is 6.83. The van der Waals surface area contributed by atoms with Crippen LogP contribution in [-0.4, -0.2) is 45.2 Å². The van der Waals surface area contributed by atoms with Crippen molar-refractivity contribution in [3.8, 4) is 16.9 Å². The maximum atomic E-state index is 12.4. The maximum absolute atomic E-state index is 12.4. The van der Waals surface area contributed by atoms with Crippen LogP contribution in [0, 0.1) is 6.92 Å². The molecule has 2 aromatic heterocycles. The van der Waals surface area contributed by atoms with Gasteiger partial charge in [0.1, 0.15) is 18.0 Å². The molecule has 0 atom stereocenters. The molecule has 0 aliphatic carbocycles. The van der Waals surface area contributed by atoms with Crippen molar-refractivity contribution >= 4 is 11.6 Å². The molecule has 33 heavy (non-hydrogen) atoms. The molecule has 1 aromatic carbocycles. The Bertz CT molecular complexity index is 1120. The summed E-state index contributed by atoms with van der Waals surface area (Å²) in [6, 6.07) is 8.61. The first-order chi connectivity index (χ1) is 15.4. The van der Waals surface area contributed by atoms with Gasteiger partial charge in [-0.2, -0.15) is 23.4 Å². The lowest BCUT2D eigenvalue weighted by atomic mass is 10.0. The minimum absolute atomic E-state index is 0.0939. The van der Waals surface area contributed by atoms with E-state index in [1.54, 1.807) is 18.3 Å². The van der Waals surface area contributed by atoms with Crippen LogP contribution in [0.1, 0.15) is 30.9 Å². The minimum Gasteiger partial charge on any atom is -0.496 e. The Hall–Kier alpha value is -3.31. The topological polar surface area (TPSA) is 102 Å². The first-order valence-electron chi connectivity index (χ1n) is 9.95. The first-order valence-corrected chi connectivity index (χ1v) is 9.95. The predicted octanol–water partition coefficient (Wildman–Crippen LogP) is 4.30. The fourth-order valence-electron chi connectivity index (χ4n) is 2.97. The summed E-state index contributed by atoms with van der Waals surface area (Å²) >= 11 is 0. The number of hydrogen-bond acceptors (Lipinski definition) is 8. The summed E-state index contributed by atoms with van der Waals surface area (Å²) in [7, 11) is 1.53. The molecular weight excluding hydrogens is 439 g/mol. The van der Waals surface area contributed by atoms with Gasteiger partial charge in [0.05, 0.1) is 37.0 Å². The molecule has 0 saturated heterocycles. The van der Waals surface area contributed by atoms with E-state index in [1.165, 1.54) is 27.0 Å². The number of methoxy groups -OCH3 is 1. The van der Waals surface area contributed by atoms with E-state index in [-0.39, 0.29) is 17.3 Å². The third-order valence-electron chi connectivity index (χ3n) is 4.47. The number of benzene rings is 1. The predicted molar refractivity (Wildman–Crippen MR) is 115 cm³/mol. The normalized spacial score (nSPS) is 12.0. The number of rotatable bonds is 8. The largest absolute Gasteiger partial charge is 0.496 e. The number of nitrogens with one attached hydrogen (secondary N) is 1. The SMILES string of the molecule is COc1cc(Nc2nc(COCC(F)(F)F)cc(C(C)(C)O)n2)ccc1-c1cnnc(C)c1. The Morgan fingerprint density at radius 2 is 1.85 bits per heavy atom. The first kappa shape index (κ1) is 24.3. The zero-order valence-corrected chi connectivity index (χ0v) is 18.6. The molecule has 0 aliphatic rings. The van der Waals surface area contributed by atoms with Gasteiger partial charge in [0.2, 0.25) is 5.95 Å². The van der Waals surface area contributed by atoms with Crippen molar-refractivity contribution in [1.29, 1.82) is 0 Å². The van der Waals surface area contributed by atoms with Gasteiger partial charge in [0.15, 0.2) is 0 Å². The van der Waals surface area contributed by atoms with Crippen LogP contribution in [0.3, 0.4) is 0 Å². The smallest absolute Gasteiger partial charge is 0.411 e. The van der Waals surface area contributed by atoms with Crippen molar-refractivity contribution in [2.75, 3.05) is 19.0 Å². The van der Waals surface area contributed by atoms with Gasteiger partial charge in [0.25, 0.3) is 0 Å². The molecule has 0 spiro atoms. The molecular formula is C22H24F3N5O3. The third-order valence-corrected chi connectivity index (χ3v) is 4.47. The van der Waals surface area contributed by atoms with E-state index >= 15 is 0 Å². The summed E-state index contributed by atoms with van der Waals surface area (Å²) in [5.41, 5.74) is 2.04. The number of nitrogens with zero attached hydrogens (tertiary/aromatic N) is 4. The maximum Gasteiger partial charge on any atom is 0.411 e. The van der Waals surface area contributed by atoms with Gasteiger partial charge in [-0.1, -0.05) is 0 Å². The van der Waals surface area contributed by atoms with Crippen molar-refractivity contribution in [1.82, 2.24) is 20.2 Å². The lowest BCUT2D eigenvalue weighted by Crippen LogP contribution is -2.20. The number of halogens is 3. The van der Waals surface area contributed by atoms with Crippen LogP contribution in [-0.2, 0) is 16.9 Å². The highest BCUT2D eigenvalue weighted by molar-refractivity contribution is 5.74. The van der Waals surface area contributed by atoms with Gasteiger partial charge in [0, 0.05) is 22.9 Å². The lowest BCUT2D eigenvalue weighted by Gasteiger charge is -2.19.